The van der Waals surface area contributed by atoms with E-state index in [1.54, 1.807) is 6.07 Å². The molecule has 1 atom stereocenters. The Balaban J connectivity index is 1.90. The maximum atomic E-state index is 9.77. The van der Waals surface area contributed by atoms with Crippen molar-refractivity contribution < 1.29 is 14.3 Å². The van der Waals surface area contributed by atoms with Crippen molar-refractivity contribution in [2.75, 3.05) is 12.4 Å². The van der Waals surface area contributed by atoms with Crippen LogP contribution in [0.4, 0.5) is 0 Å². The molecular weight excluding hydrogens is 312 g/mol. The van der Waals surface area contributed by atoms with E-state index in [1.807, 2.05) is 32.0 Å². The maximum absolute atomic E-state index is 9.77. The molecule has 2 rings (SSSR count). The zero-order chi connectivity index (χ0) is 15.2. The van der Waals surface area contributed by atoms with Crippen molar-refractivity contribution in [2.24, 2.45) is 0 Å². The molecule has 0 fully saturated rings. The fraction of sp³-hybridized carbons (Fsp3) is 0.429. The number of rotatable bonds is 7. The first kappa shape index (κ1) is 16.3. The molecule has 1 heterocycles. The monoisotopic (exact) mass is 328 g/mol. The van der Waals surface area contributed by atoms with Crippen molar-refractivity contribution in [3.05, 3.63) is 29.3 Å². The second kappa shape index (κ2) is 7.79. The molecule has 0 saturated carbocycles. The Morgan fingerprint density at radius 1 is 1.33 bits per heavy atom. The van der Waals surface area contributed by atoms with Crippen molar-refractivity contribution in [2.45, 2.75) is 31.3 Å². The third kappa shape index (κ3) is 5.00. The van der Waals surface area contributed by atoms with Gasteiger partial charge in [-0.15, -0.1) is 10.2 Å². The summed E-state index contributed by atoms with van der Waals surface area (Å²) in [4.78, 5) is 0. The Bertz CT molecular complexity index is 577. The fourth-order valence-electron chi connectivity index (χ4n) is 1.53. The lowest BCUT2D eigenvalue weighted by atomic mass is 10.2. The van der Waals surface area contributed by atoms with Gasteiger partial charge in [0.2, 0.25) is 5.89 Å². The normalized spacial score (nSPS) is 12.8. The van der Waals surface area contributed by atoms with E-state index < -0.39 is 6.10 Å². The second-order valence-electron chi connectivity index (χ2n) is 4.70. The van der Waals surface area contributed by atoms with Gasteiger partial charge in [0, 0.05) is 5.75 Å². The highest BCUT2D eigenvalue weighted by molar-refractivity contribution is 7.99. The third-order valence-electron chi connectivity index (χ3n) is 2.53. The van der Waals surface area contributed by atoms with Crippen LogP contribution in [0.15, 0.2) is 33.9 Å². The van der Waals surface area contributed by atoms with Gasteiger partial charge < -0.3 is 14.3 Å². The number of aliphatic hydroxyl groups is 1. The molecule has 114 valence electrons. The van der Waals surface area contributed by atoms with E-state index in [0.29, 0.717) is 27.5 Å². The van der Waals surface area contributed by atoms with Crippen LogP contribution in [0.2, 0.25) is 5.02 Å². The van der Waals surface area contributed by atoms with Gasteiger partial charge in [-0.3, -0.25) is 0 Å². The summed E-state index contributed by atoms with van der Waals surface area (Å²) in [6, 6.07) is 7.27. The Morgan fingerprint density at radius 3 is 2.81 bits per heavy atom. The summed E-state index contributed by atoms with van der Waals surface area (Å²) in [6.07, 6.45) is -0.479. The van der Waals surface area contributed by atoms with E-state index >= 15 is 0 Å². The van der Waals surface area contributed by atoms with Crippen LogP contribution in [0, 0.1) is 0 Å². The van der Waals surface area contributed by atoms with E-state index in [-0.39, 0.29) is 12.7 Å². The zero-order valence-corrected chi connectivity index (χ0v) is 13.4. The molecule has 1 aromatic carbocycles. The van der Waals surface area contributed by atoms with E-state index in [9.17, 15) is 5.11 Å². The molecule has 2 aromatic rings. The van der Waals surface area contributed by atoms with Gasteiger partial charge in [0.1, 0.15) is 0 Å². The van der Waals surface area contributed by atoms with Crippen LogP contribution in [0.5, 0.6) is 0 Å². The number of ether oxygens (including phenoxy) is 1. The summed E-state index contributed by atoms with van der Waals surface area (Å²) in [7, 11) is 0. The molecule has 0 aliphatic rings. The van der Waals surface area contributed by atoms with E-state index in [2.05, 4.69) is 10.2 Å². The molecule has 1 N–H and O–H groups in total. The molecule has 0 radical (unpaired) electrons. The lowest BCUT2D eigenvalue weighted by Gasteiger charge is -2.11. The van der Waals surface area contributed by atoms with Crippen LogP contribution in [-0.2, 0) is 4.74 Å². The summed E-state index contributed by atoms with van der Waals surface area (Å²) in [5.74, 6) is 0.799. The van der Waals surface area contributed by atoms with Gasteiger partial charge in [-0.05, 0) is 26.0 Å². The van der Waals surface area contributed by atoms with Crippen LogP contribution >= 0.6 is 23.4 Å². The van der Waals surface area contributed by atoms with E-state index in [0.717, 1.165) is 0 Å². The van der Waals surface area contributed by atoms with Gasteiger partial charge in [0.25, 0.3) is 5.22 Å². The summed E-state index contributed by atoms with van der Waals surface area (Å²) in [5.41, 5.74) is 0.696. The highest BCUT2D eigenvalue weighted by Crippen LogP contribution is 2.28. The SMILES string of the molecule is CC(C)OCC(O)CSc1nnc(-c2ccccc2Cl)o1. The van der Waals surface area contributed by atoms with Crippen LogP contribution in [0.1, 0.15) is 13.8 Å². The predicted octanol–water partition coefficient (Wildman–Crippen LogP) is 3.27. The first-order valence-electron chi connectivity index (χ1n) is 6.57. The molecule has 0 saturated heterocycles. The highest BCUT2D eigenvalue weighted by Gasteiger charge is 2.14. The summed E-state index contributed by atoms with van der Waals surface area (Å²) < 4.78 is 10.9. The molecule has 0 aliphatic heterocycles. The first-order valence-corrected chi connectivity index (χ1v) is 7.93. The minimum Gasteiger partial charge on any atom is -0.411 e. The van der Waals surface area contributed by atoms with Crippen LogP contribution in [-0.4, -0.2) is 39.9 Å². The Hall–Kier alpha value is -1.08. The lowest BCUT2D eigenvalue weighted by Crippen LogP contribution is -2.20. The van der Waals surface area contributed by atoms with Gasteiger partial charge in [0.15, 0.2) is 0 Å². The predicted molar refractivity (Wildman–Crippen MR) is 82.6 cm³/mol. The van der Waals surface area contributed by atoms with Gasteiger partial charge in [-0.1, -0.05) is 35.5 Å². The lowest BCUT2D eigenvalue weighted by molar-refractivity contribution is 0.0152. The standard InChI is InChI=1S/C14H17ClN2O3S/c1-9(2)19-7-10(18)8-21-14-17-16-13(20-14)11-5-3-4-6-12(11)15/h3-6,9-10,18H,7-8H2,1-2H3. The molecule has 0 amide bonds. The quantitative estimate of drug-likeness (QED) is 0.787. The van der Waals surface area contributed by atoms with Gasteiger partial charge in [0.05, 0.1) is 29.4 Å². The number of benzene rings is 1. The molecular formula is C14H17ClN2O3S. The molecule has 0 aliphatic carbocycles. The average Bonchev–Trinajstić information content (AvgIpc) is 2.92. The molecule has 0 spiro atoms. The fourth-order valence-corrected chi connectivity index (χ4v) is 2.41. The Labute approximate surface area is 132 Å². The van der Waals surface area contributed by atoms with E-state index in [4.69, 9.17) is 20.8 Å². The average molecular weight is 329 g/mol. The maximum Gasteiger partial charge on any atom is 0.276 e. The zero-order valence-electron chi connectivity index (χ0n) is 11.8. The molecule has 5 nitrogen and oxygen atoms in total. The number of halogens is 1. The molecule has 1 unspecified atom stereocenters. The van der Waals surface area contributed by atoms with Crippen molar-refractivity contribution >= 4 is 23.4 Å². The Kier molecular flexibility index (Phi) is 6.05. The van der Waals surface area contributed by atoms with Crippen LogP contribution in [0.25, 0.3) is 11.5 Å². The van der Waals surface area contributed by atoms with E-state index in [1.165, 1.54) is 11.8 Å². The number of aromatic nitrogens is 2. The highest BCUT2D eigenvalue weighted by atomic mass is 35.5. The summed E-state index contributed by atoms with van der Waals surface area (Å²) in [5, 5.41) is 18.6. The van der Waals surface area contributed by atoms with Crippen molar-refractivity contribution in [1.29, 1.82) is 0 Å². The summed E-state index contributed by atoms with van der Waals surface area (Å²) in [6.45, 7) is 4.14. The molecule has 21 heavy (non-hydrogen) atoms. The molecule has 1 aromatic heterocycles. The number of aliphatic hydroxyl groups excluding tert-OH is 1. The topological polar surface area (TPSA) is 68.4 Å². The summed E-state index contributed by atoms with van der Waals surface area (Å²) >= 11 is 7.36. The minimum atomic E-state index is -0.576. The van der Waals surface area contributed by atoms with Crippen LogP contribution < -0.4 is 0 Å². The smallest absolute Gasteiger partial charge is 0.276 e. The third-order valence-corrected chi connectivity index (χ3v) is 3.82. The number of nitrogens with zero attached hydrogens (tertiary/aromatic N) is 2. The number of hydrogen-bond acceptors (Lipinski definition) is 6. The number of hydrogen-bond donors (Lipinski definition) is 1. The Morgan fingerprint density at radius 2 is 2.10 bits per heavy atom. The van der Waals surface area contributed by atoms with Gasteiger partial charge in [-0.2, -0.15) is 0 Å². The number of thioether (sulfide) groups is 1. The minimum absolute atomic E-state index is 0.0971. The van der Waals surface area contributed by atoms with Gasteiger partial charge in [-0.25, -0.2) is 0 Å². The first-order chi connectivity index (χ1) is 10.1. The second-order valence-corrected chi connectivity index (χ2v) is 6.08. The largest absolute Gasteiger partial charge is 0.411 e. The van der Waals surface area contributed by atoms with Gasteiger partial charge >= 0.3 is 0 Å². The van der Waals surface area contributed by atoms with Crippen molar-refractivity contribution in [3.63, 3.8) is 0 Å². The molecule has 7 heteroatoms. The van der Waals surface area contributed by atoms with Crippen molar-refractivity contribution in [1.82, 2.24) is 10.2 Å². The van der Waals surface area contributed by atoms with Crippen molar-refractivity contribution in [3.8, 4) is 11.5 Å². The van der Waals surface area contributed by atoms with Crippen LogP contribution in [0.3, 0.4) is 0 Å². The molecule has 0 bridgehead atoms.